The number of rotatable bonds is 5. The Morgan fingerprint density at radius 2 is 1.87 bits per heavy atom. The van der Waals surface area contributed by atoms with Crippen LogP contribution in [-0.2, 0) is 20.6 Å². The summed E-state index contributed by atoms with van der Waals surface area (Å²) in [5.74, 6) is -0.0130. The fourth-order valence-corrected chi connectivity index (χ4v) is 4.53. The smallest absolute Gasteiger partial charge is 0.223 e. The van der Waals surface area contributed by atoms with Crippen molar-refractivity contribution in [3.63, 3.8) is 0 Å². The van der Waals surface area contributed by atoms with Gasteiger partial charge in [-0.2, -0.15) is 0 Å². The SMILES string of the molecule is Cc1ccccc1CS(=O)(=O)N1CCC(C(=O)NC(C)C)CC1. The predicted molar refractivity (Wildman–Crippen MR) is 91.4 cm³/mol. The van der Waals surface area contributed by atoms with Crippen molar-refractivity contribution >= 4 is 15.9 Å². The zero-order chi connectivity index (χ0) is 17.0. The number of amides is 1. The second-order valence-electron chi connectivity index (χ2n) is 6.52. The van der Waals surface area contributed by atoms with Gasteiger partial charge in [0.25, 0.3) is 0 Å². The van der Waals surface area contributed by atoms with E-state index >= 15 is 0 Å². The molecule has 128 valence electrons. The van der Waals surface area contributed by atoms with Gasteiger partial charge in [-0.3, -0.25) is 4.79 Å². The first-order valence-corrected chi connectivity index (χ1v) is 9.73. The second-order valence-corrected chi connectivity index (χ2v) is 8.49. The molecule has 1 amide bonds. The van der Waals surface area contributed by atoms with Crippen molar-refractivity contribution in [3.05, 3.63) is 35.4 Å². The average molecular weight is 338 g/mol. The first-order valence-electron chi connectivity index (χ1n) is 8.12. The molecule has 0 saturated carbocycles. The molecule has 1 heterocycles. The van der Waals surface area contributed by atoms with E-state index in [0.717, 1.165) is 11.1 Å². The summed E-state index contributed by atoms with van der Waals surface area (Å²) in [7, 11) is -3.33. The van der Waals surface area contributed by atoms with Crippen molar-refractivity contribution in [3.8, 4) is 0 Å². The highest BCUT2D eigenvalue weighted by atomic mass is 32.2. The highest BCUT2D eigenvalue weighted by Crippen LogP contribution is 2.22. The van der Waals surface area contributed by atoms with Crippen LogP contribution in [0.15, 0.2) is 24.3 Å². The highest BCUT2D eigenvalue weighted by molar-refractivity contribution is 7.88. The number of benzene rings is 1. The Kier molecular flexibility index (Phi) is 5.81. The second kappa shape index (κ2) is 7.45. The third-order valence-electron chi connectivity index (χ3n) is 4.25. The molecule has 2 rings (SSSR count). The number of hydrogen-bond acceptors (Lipinski definition) is 3. The summed E-state index contributed by atoms with van der Waals surface area (Å²) in [5, 5.41) is 2.91. The lowest BCUT2D eigenvalue weighted by atomic mass is 9.97. The highest BCUT2D eigenvalue weighted by Gasteiger charge is 2.31. The van der Waals surface area contributed by atoms with E-state index in [9.17, 15) is 13.2 Å². The zero-order valence-electron chi connectivity index (χ0n) is 14.1. The van der Waals surface area contributed by atoms with E-state index in [1.54, 1.807) is 0 Å². The van der Waals surface area contributed by atoms with Gasteiger partial charge in [-0.15, -0.1) is 0 Å². The van der Waals surface area contributed by atoms with Crippen LogP contribution in [0, 0.1) is 12.8 Å². The van der Waals surface area contributed by atoms with Crippen LogP contribution in [0.1, 0.15) is 37.8 Å². The Balaban J connectivity index is 1.96. The average Bonchev–Trinajstić information content (AvgIpc) is 2.49. The van der Waals surface area contributed by atoms with E-state index in [-0.39, 0.29) is 23.6 Å². The van der Waals surface area contributed by atoms with Gasteiger partial charge in [-0.25, -0.2) is 12.7 Å². The van der Waals surface area contributed by atoms with Crippen LogP contribution in [0.3, 0.4) is 0 Å². The number of piperidine rings is 1. The molecule has 1 aromatic carbocycles. The number of nitrogens with zero attached hydrogens (tertiary/aromatic N) is 1. The summed E-state index contributed by atoms with van der Waals surface area (Å²) in [6, 6.07) is 7.67. The van der Waals surface area contributed by atoms with E-state index in [0.29, 0.717) is 25.9 Å². The van der Waals surface area contributed by atoms with Gasteiger partial charge in [-0.1, -0.05) is 24.3 Å². The van der Waals surface area contributed by atoms with Crippen LogP contribution in [-0.4, -0.2) is 37.8 Å². The van der Waals surface area contributed by atoms with Crippen LogP contribution in [0.4, 0.5) is 0 Å². The Labute approximate surface area is 139 Å². The minimum Gasteiger partial charge on any atom is -0.354 e. The first kappa shape index (κ1) is 17.9. The molecule has 1 aliphatic rings. The number of sulfonamides is 1. The maximum absolute atomic E-state index is 12.6. The molecule has 1 fully saturated rings. The summed E-state index contributed by atoms with van der Waals surface area (Å²) in [5.41, 5.74) is 1.83. The standard InChI is InChI=1S/C17H26N2O3S/c1-13(2)18-17(20)15-8-10-19(11-9-15)23(21,22)12-16-7-5-4-6-14(16)3/h4-7,13,15H,8-12H2,1-3H3,(H,18,20). The molecule has 0 aromatic heterocycles. The quantitative estimate of drug-likeness (QED) is 0.894. The minimum absolute atomic E-state index is 0.0303. The Hall–Kier alpha value is -1.40. The molecular formula is C17H26N2O3S. The number of nitrogens with one attached hydrogen (secondary N) is 1. The van der Waals surface area contributed by atoms with Crippen molar-refractivity contribution < 1.29 is 13.2 Å². The Morgan fingerprint density at radius 3 is 2.43 bits per heavy atom. The van der Waals surface area contributed by atoms with Crippen molar-refractivity contribution in [1.29, 1.82) is 0 Å². The Bertz CT molecular complexity index is 648. The number of aryl methyl sites for hydroxylation is 1. The van der Waals surface area contributed by atoms with Gasteiger partial charge in [-0.05, 0) is 44.7 Å². The molecule has 0 radical (unpaired) electrons. The maximum Gasteiger partial charge on any atom is 0.223 e. The van der Waals surface area contributed by atoms with Crippen molar-refractivity contribution in [2.45, 2.75) is 45.4 Å². The van der Waals surface area contributed by atoms with Crippen molar-refractivity contribution in [2.75, 3.05) is 13.1 Å². The van der Waals surface area contributed by atoms with E-state index in [4.69, 9.17) is 0 Å². The predicted octanol–water partition coefficient (Wildman–Crippen LogP) is 2.06. The summed E-state index contributed by atoms with van der Waals surface area (Å²) in [6.45, 7) is 6.63. The van der Waals surface area contributed by atoms with Gasteiger partial charge in [0.1, 0.15) is 0 Å². The molecule has 1 saturated heterocycles. The molecule has 5 nitrogen and oxygen atoms in total. The van der Waals surface area contributed by atoms with Crippen molar-refractivity contribution in [1.82, 2.24) is 9.62 Å². The molecule has 0 spiro atoms. The molecular weight excluding hydrogens is 312 g/mol. The molecule has 1 aromatic rings. The maximum atomic E-state index is 12.6. The van der Waals surface area contributed by atoms with Gasteiger partial charge in [0, 0.05) is 25.0 Å². The topological polar surface area (TPSA) is 66.5 Å². The summed E-state index contributed by atoms with van der Waals surface area (Å²) >= 11 is 0. The van der Waals surface area contributed by atoms with Crippen LogP contribution in [0.25, 0.3) is 0 Å². The molecule has 0 aliphatic carbocycles. The lowest BCUT2D eigenvalue weighted by molar-refractivity contribution is -0.126. The lowest BCUT2D eigenvalue weighted by Gasteiger charge is -2.31. The number of carbonyl (C=O) groups excluding carboxylic acids is 1. The third-order valence-corrected chi connectivity index (χ3v) is 6.08. The van der Waals surface area contributed by atoms with Crippen molar-refractivity contribution in [2.24, 2.45) is 5.92 Å². The molecule has 23 heavy (non-hydrogen) atoms. The van der Waals surface area contributed by atoms with Gasteiger partial charge < -0.3 is 5.32 Å². The summed E-state index contributed by atoms with van der Waals surface area (Å²) in [6.07, 6.45) is 1.18. The first-order chi connectivity index (χ1) is 10.8. The molecule has 1 aliphatic heterocycles. The van der Waals surface area contributed by atoms with Crippen LogP contribution >= 0.6 is 0 Å². The molecule has 0 bridgehead atoms. The summed E-state index contributed by atoms with van der Waals surface area (Å²) in [4.78, 5) is 12.0. The Morgan fingerprint density at radius 1 is 1.26 bits per heavy atom. The summed E-state index contributed by atoms with van der Waals surface area (Å²) < 4.78 is 26.7. The van der Waals surface area contributed by atoms with E-state index in [1.807, 2.05) is 45.0 Å². The van der Waals surface area contributed by atoms with Gasteiger partial charge in [0.05, 0.1) is 5.75 Å². The van der Waals surface area contributed by atoms with Gasteiger partial charge in [0.15, 0.2) is 0 Å². The zero-order valence-corrected chi connectivity index (χ0v) is 14.9. The van der Waals surface area contributed by atoms with E-state index in [1.165, 1.54) is 4.31 Å². The largest absolute Gasteiger partial charge is 0.354 e. The molecule has 0 unspecified atom stereocenters. The van der Waals surface area contributed by atoms with Crippen LogP contribution in [0.2, 0.25) is 0 Å². The minimum atomic E-state index is -3.33. The number of carbonyl (C=O) groups is 1. The number of hydrogen-bond donors (Lipinski definition) is 1. The normalized spacial score (nSPS) is 17.4. The van der Waals surface area contributed by atoms with Crippen LogP contribution < -0.4 is 5.32 Å². The fourth-order valence-electron chi connectivity index (χ4n) is 2.86. The van der Waals surface area contributed by atoms with E-state index in [2.05, 4.69) is 5.32 Å². The lowest BCUT2D eigenvalue weighted by Crippen LogP contribution is -2.44. The third kappa shape index (κ3) is 4.78. The molecule has 1 N–H and O–H groups in total. The molecule has 0 atom stereocenters. The van der Waals surface area contributed by atoms with Crippen LogP contribution in [0.5, 0.6) is 0 Å². The molecule has 6 heteroatoms. The fraction of sp³-hybridized carbons (Fsp3) is 0.588. The van der Waals surface area contributed by atoms with Gasteiger partial charge >= 0.3 is 0 Å². The van der Waals surface area contributed by atoms with Gasteiger partial charge in [0.2, 0.25) is 15.9 Å². The van der Waals surface area contributed by atoms with E-state index < -0.39 is 10.0 Å². The monoisotopic (exact) mass is 338 g/mol.